The summed E-state index contributed by atoms with van der Waals surface area (Å²) >= 11 is 0. The van der Waals surface area contributed by atoms with E-state index in [-0.39, 0.29) is 18.1 Å². The molecule has 2 atom stereocenters. The number of benzene rings is 2. The molecule has 4 rings (SSSR count). The van der Waals surface area contributed by atoms with Gasteiger partial charge < -0.3 is 15.2 Å². The number of nitrogens with zero attached hydrogens (tertiary/aromatic N) is 1. The van der Waals surface area contributed by atoms with Crippen LogP contribution in [0.25, 0.3) is 0 Å². The number of carbonyl (C=O) groups is 1. The first kappa shape index (κ1) is 16.9. The number of hydrogen-bond donors (Lipinski definition) is 1. The molecule has 1 radical (unpaired) electrons. The Morgan fingerprint density at radius 3 is 2.65 bits per heavy atom. The van der Waals surface area contributed by atoms with Crippen LogP contribution in [0, 0.1) is 6.42 Å². The maximum Gasteiger partial charge on any atom is 0.234 e. The molecule has 2 heterocycles. The SMILES string of the molecule is NC(=O)C1C[CH]CCN1Cc1ccc([C@H]2COc3ccccc3O2)cc1. The smallest absolute Gasteiger partial charge is 0.234 e. The van der Waals surface area contributed by atoms with E-state index in [0.29, 0.717) is 6.61 Å². The van der Waals surface area contributed by atoms with Gasteiger partial charge in [-0.2, -0.15) is 0 Å². The molecule has 5 heteroatoms. The van der Waals surface area contributed by atoms with Crippen molar-refractivity contribution in [1.82, 2.24) is 4.90 Å². The van der Waals surface area contributed by atoms with E-state index in [1.807, 2.05) is 24.3 Å². The summed E-state index contributed by atoms with van der Waals surface area (Å²) in [7, 11) is 0. The third-order valence-corrected chi connectivity index (χ3v) is 5.03. The minimum absolute atomic E-state index is 0.109. The van der Waals surface area contributed by atoms with Crippen molar-refractivity contribution >= 4 is 5.91 Å². The number of primary amides is 1. The average Bonchev–Trinajstić information content (AvgIpc) is 2.68. The Hall–Kier alpha value is -2.53. The minimum Gasteiger partial charge on any atom is -0.485 e. The van der Waals surface area contributed by atoms with Crippen molar-refractivity contribution in [2.45, 2.75) is 31.5 Å². The lowest BCUT2D eigenvalue weighted by Gasteiger charge is -2.33. The number of rotatable bonds is 4. The van der Waals surface area contributed by atoms with Gasteiger partial charge in [0.25, 0.3) is 0 Å². The van der Waals surface area contributed by atoms with Crippen molar-refractivity contribution in [2.75, 3.05) is 13.2 Å². The number of fused-ring (bicyclic) bond motifs is 1. The van der Waals surface area contributed by atoms with Crippen LogP contribution in [0.5, 0.6) is 11.5 Å². The van der Waals surface area contributed by atoms with E-state index in [1.54, 1.807) is 0 Å². The number of carbonyl (C=O) groups excluding carboxylic acids is 1. The van der Waals surface area contributed by atoms with Gasteiger partial charge in [-0.05, 0) is 49.1 Å². The van der Waals surface area contributed by atoms with Gasteiger partial charge in [-0.15, -0.1) is 0 Å². The van der Waals surface area contributed by atoms with Gasteiger partial charge in [0.15, 0.2) is 17.6 Å². The number of amides is 1. The second kappa shape index (κ2) is 7.38. The minimum atomic E-state index is -0.246. The molecule has 0 bridgehead atoms. The second-order valence-electron chi connectivity index (χ2n) is 6.81. The molecule has 0 aromatic heterocycles. The van der Waals surface area contributed by atoms with Crippen LogP contribution in [0.4, 0.5) is 0 Å². The summed E-state index contributed by atoms with van der Waals surface area (Å²) in [6.07, 6.45) is 3.77. The van der Waals surface area contributed by atoms with Gasteiger partial charge in [0.05, 0.1) is 6.04 Å². The summed E-state index contributed by atoms with van der Waals surface area (Å²) in [5, 5.41) is 0. The first-order valence-electron chi connectivity index (χ1n) is 9.03. The Bertz CT molecular complexity index is 775. The van der Waals surface area contributed by atoms with Gasteiger partial charge >= 0.3 is 0 Å². The van der Waals surface area contributed by atoms with Gasteiger partial charge in [0, 0.05) is 6.54 Å². The molecule has 0 saturated carbocycles. The van der Waals surface area contributed by atoms with Gasteiger partial charge in [-0.3, -0.25) is 9.69 Å². The monoisotopic (exact) mass is 351 g/mol. The molecule has 2 aromatic rings. The molecule has 1 unspecified atom stereocenters. The van der Waals surface area contributed by atoms with Crippen LogP contribution in [-0.4, -0.2) is 30.0 Å². The average molecular weight is 351 g/mol. The summed E-state index contributed by atoms with van der Waals surface area (Å²) in [6.45, 7) is 2.10. The number of piperidine rings is 1. The topological polar surface area (TPSA) is 64.8 Å². The van der Waals surface area contributed by atoms with Crippen molar-refractivity contribution < 1.29 is 14.3 Å². The number of para-hydroxylation sites is 2. The number of nitrogens with two attached hydrogens (primary N) is 1. The van der Waals surface area contributed by atoms with E-state index in [9.17, 15) is 4.79 Å². The summed E-state index contributed by atoms with van der Waals surface area (Å²) in [6, 6.07) is 15.9. The molecule has 2 aliphatic heterocycles. The molecular formula is C21H23N2O3. The number of likely N-dealkylation sites (tertiary alicyclic amines) is 1. The summed E-state index contributed by atoms with van der Waals surface area (Å²) in [5.41, 5.74) is 7.79. The predicted octanol–water partition coefficient (Wildman–Crippen LogP) is 2.85. The molecule has 26 heavy (non-hydrogen) atoms. The maximum absolute atomic E-state index is 11.6. The van der Waals surface area contributed by atoms with Gasteiger partial charge in [-0.1, -0.05) is 36.4 Å². The highest BCUT2D eigenvalue weighted by Crippen LogP contribution is 2.35. The molecule has 0 aliphatic carbocycles. The lowest BCUT2D eigenvalue weighted by Crippen LogP contribution is -2.47. The van der Waals surface area contributed by atoms with Crippen LogP contribution >= 0.6 is 0 Å². The number of hydrogen-bond acceptors (Lipinski definition) is 4. The van der Waals surface area contributed by atoms with Gasteiger partial charge in [-0.25, -0.2) is 0 Å². The molecule has 2 aromatic carbocycles. The summed E-state index contributed by atoms with van der Waals surface area (Å²) < 4.78 is 11.9. The Morgan fingerprint density at radius 2 is 1.88 bits per heavy atom. The lowest BCUT2D eigenvalue weighted by atomic mass is 10.00. The van der Waals surface area contributed by atoms with Crippen LogP contribution in [0.2, 0.25) is 0 Å². The zero-order valence-corrected chi connectivity index (χ0v) is 14.6. The van der Waals surface area contributed by atoms with Crippen molar-refractivity contribution in [3.63, 3.8) is 0 Å². The van der Waals surface area contributed by atoms with Crippen molar-refractivity contribution in [1.29, 1.82) is 0 Å². The van der Waals surface area contributed by atoms with Crippen molar-refractivity contribution in [2.24, 2.45) is 5.73 Å². The first-order chi connectivity index (χ1) is 12.7. The van der Waals surface area contributed by atoms with Crippen LogP contribution in [-0.2, 0) is 11.3 Å². The molecule has 135 valence electrons. The molecular weight excluding hydrogens is 328 g/mol. The third kappa shape index (κ3) is 3.53. The van der Waals surface area contributed by atoms with E-state index in [1.165, 1.54) is 5.56 Å². The van der Waals surface area contributed by atoms with Crippen molar-refractivity contribution in [3.8, 4) is 11.5 Å². The highest BCUT2D eigenvalue weighted by atomic mass is 16.6. The molecule has 1 fully saturated rings. The third-order valence-electron chi connectivity index (χ3n) is 5.03. The zero-order chi connectivity index (χ0) is 17.9. The molecule has 5 nitrogen and oxygen atoms in total. The zero-order valence-electron chi connectivity index (χ0n) is 14.6. The molecule has 2 N–H and O–H groups in total. The fraction of sp³-hybridized carbons (Fsp3) is 0.333. The Kier molecular flexibility index (Phi) is 4.80. The van der Waals surface area contributed by atoms with Crippen LogP contribution < -0.4 is 15.2 Å². The van der Waals surface area contributed by atoms with E-state index in [2.05, 4.69) is 35.6 Å². The van der Waals surface area contributed by atoms with Crippen LogP contribution in [0.1, 0.15) is 30.1 Å². The normalized spacial score (nSPS) is 22.8. The quantitative estimate of drug-likeness (QED) is 0.920. The summed E-state index contributed by atoms with van der Waals surface area (Å²) in [4.78, 5) is 13.8. The van der Waals surface area contributed by atoms with Crippen molar-refractivity contribution in [3.05, 3.63) is 66.1 Å². The second-order valence-corrected chi connectivity index (χ2v) is 6.81. The molecule has 1 amide bonds. The first-order valence-corrected chi connectivity index (χ1v) is 9.03. The van der Waals surface area contributed by atoms with Crippen LogP contribution in [0.15, 0.2) is 48.5 Å². The van der Waals surface area contributed by atoms with E-state index in [4.69, 9.17) is 15.2 Å². The molecule has 1 saturated heterocycles. The Labute approximate surface area is 153 Å². The summed E-state index contributed by atoms with van der Waals surface area (Å²) in [5.74, 6) is 1.32. The predicted molar refractivity (Wildman–Crippen MR) is 98.7 cm³/mol. The Balaban J connectivity index is 1.43. The van der Waals surface area contributed by atoms with Gasteiger partial charge in [0.2, 0.25) is 5.91 Å². The highest BCUT2D eigenvalue weighted by Gasteiger charge is 2.27. The lowest BCUT2D eigenvalue weighted by molar-refractivity contribution is -0.124. The standard InChI is InChI=1S/C21H23N2O3/c22-21(24)17-5-3-4-12-23(17)13-15-8-10-16(11-9-15)20-14-25-18-6-1-2-7-19(18)26-20/h1-3,6-11,17,20H,4-5,12-14H2,(H2,22,24)/t17?,20-/m1/s1. The van der Waals surface area contributed by atoms with Crippen LogP contribution in [0.3, 0.4) is 0 Å². The fourth-order valence-corrected chi connectivity index (χ4v) is 3.58. The maximum atomic E-state index is 11.6. The molecule has 0 spiro atoms. The molecule has 2 aliphatic rings. The van der Waals surface area contributed by atoms with Gasteiger partial charge in [0.1, 0.15) is 6.61 Å². The van der Waals surface area contributed by atoms with E-state index >= 15 is 0 Å². The Morgan fingerprint density at radius 1 is 1.12 bits per heavy atom. The largest absolute Gasteiger partial charge is 0.485 e. The highest BCUT2D eigenvalue weighted by molar-refractivity contribution is 5.80. The fourth-order valence-electron chi connectivity index (χ4n) is 3.58. The van der Waals surface area contributed by atoms with E-state index in [0.717, 1.165) is 43.0 Å². The van der Waals surface area contributed by atoms with E-state index < -0.39 is 0 Å². The number of ether oxygens (including phenoxy) is 2.